The van der Waals surface area contributed by atoms with E-state index in [1.165, 1.54) is 0 Å². The third-order valence-corrected chi connectivity index (χ3v) is 4.88. The van der Waals surface area contributed by atoms with Crippen molar-refractivity contribution in [1.82, 2.24) is 0 Å². The number of aryl methyl sites for hydroxylation is 1. The number of esters is 1. The van der Waals surface area contributed by atoms with Crippen molar-refractivity contribution in [3.63, 3.8) is 0 Å². The molecule has 0 aliphatic heterocycles. The molecule has 0 amide bonds. The van der Waals surface area contributed by atoms with Crippen molar-refractivity contribution in [3.05, 3.63) is 102 Å². The van der Waals surface area contributed by atoms with Crippen molar-refractivity contribution in [2.45, 2.75) is 32.4 Å². The molecule has 0 unspecified atom stereocenters. The summed E-state index contributed by atoms with van der Waals surface area (Å²) in [6, 6.07) is 24.0. The molecule has 0 aliphatic carbocycles. The number of hydrogen-bond acceptors (Lipinski definition) is 5. The molecule has 0 heterocycles. The summed E-state index contributed by atoms with van der Waals surface area (Å²) in [6.07, 6.45) is -1.06. The Balaban J connectivity index is 1.73. The molecule has 0 radical (unpaired) electrons. The average molecular weight is 415 g/mol. The molecule has 0 saturated carbocycles. The van der Waals surface area contributed by atoms with Gasteiger partial charge in [-0.05, 0) is 26.0 Å². The Kier molecular flexibility index (Phi) is 7.33. The zero-order valence-corrected chi connectivity index (χ0v) is 17.6. The van der Waals surface area contributed by atoms with Gasteiger partial charge in [0, 0.05) is 23.2 Å². The highest BCUT2D eigenvalue weighted by Crippen LogP contribution is 2.15. The number of anilines is 1. The minimum atomic E-state index is -0.970. The zero-order chi connectivity index (χ0) is 22.2. The monoisotopic (exact) mass is 415 g/mol. The lowest BCUT2D eigenvalue weighted by Crippen LogP contribution is -2.37. The topological polar surface area (TPSA) is 72.5 Å². The van der Waals surface area contributed by atoms with Gasteiger partial charge in [-0.25, -0.2) is 4.79 Å². The summed E-state index contributed by atoms with van der Waals surface area (Å²) in [5, 5.41) is 3.06. The van der Waals surface area contributed by atoms with Crippen molar-refractivity contribution >= 4 is 23.2 Å². The van der Waals surface area contributed by atoms with E-state index in [4.69, 9.17) is 4.74 Å². The first-order valence-electron chi connectivity index (χ1n) is 10.2. The lowest BCUT2D eigenvalue weighted by atomic mass is 10.0. The second kappa shape index (κ2) is 10.3. The van der Waals surface area contributed by atoms with Crippen LogP contribution in [0, 0.1) is 6.92 Å². The maximum Gasteiger partial charge on any atom is 0.329 e. The van der Waals surface area contributed by atoms with Gasteiger partial charge in [-0.15, -0.1) is 0 Å². The molecule has 3 aromatic carbocycles. The van der Waals surface area contributed by atoms with Crippen LogP contribution in [0.15, 0.2) is 84.9 Å². The van der Waals surface area contributed by atoms with Gasteiger partial charge in [0.05, 0.1) is 0 Å². The molecule has 2 atom stereocenters. The number of rotatable bonds is 9. The second-order valence-electron chi connectivity index (χ2n) is 7.37. The number of para-hydroxylation sites is 1. The second-order valence-corrected chi connectivity index (χ2v) is 7.37. The molecule has 0 fully saturated rings. The van der Waals surface area contributed by atoms with Gasteiger partial charge in [-0.2, -0.15) is 0 Å². The van der Waals surface area contributed by atoms with Gasteiger partial charge in [-0.3, -0.25) is 9.59 Å². The van der Waals surface area contributed by atoms with Crippen molar-refractivity contribution < 1.29 is 19.1 Å². The van der Waals surface area contributed by atoms with E-state index in [0.717, 1.165) is 5.56 Å². The van der Waals surface area contributed by atoms with E-state index in [1.54, 1.807) is 55.5 Å². The van der Waals surface area contributed by atoms with Crippen molar-refractivity contribution in [2.24, 2.45) is 0 Å². The molecule has 0 aliphatic rings. The van der Waals surface area contributed by atoms with Crippen molar-refractivity contribution in [2.75, 3.05) is 5.32 Å². The third-order valence-electron chi connectivity index (χ3n) is 4.88. The Hall–Kier alpha value is -3.73. The Labute approximate surface area is 182 Å². The number of benzene rings is 3. The summed E-state index contributed by atoms with van der Waals surface area (Å²) in [5.41, 5.74) is 2.70. The highest BCUT2D eigenvalue weighted by atomic mass is 16.5. The van der Waals surface area contributed by atoms with E-state index in [-0.39, 0.29) is 18.0 Å². The highest BCUT2D eigenvalue weighted by Gasteiger charge is 2.28. The van der Waals surface area contributed by atoms with Gasteiger partial charge < -0.3 is 10.1 Å². The zero-order valence-electron chi connectivity index (χ0n) is 17.6. The highest BCUT2D eigenvalue weighted by molar-refractivity contribution is 6.02. The Morgan fingerprint density at radius 3 is 2.00 bits per heavy atom. The van der Waals surface area contributed by atoms with E-state index >= 15 is 0 Å². The Morgan fingerprint density at radius 2 is 1.39 bits per heavy atom. The summed E-state index contributed by atoms with van der Waals surface area (Å²) in [7, 11) is 0. The minimum absolute atomic E-state index is 0.0941. The maximum atomic E-state index is 12.9. The Morgan fingerprint density at radius 1 is 0.806 bits per heavy atom. The normalized spacial score (nSPS) is 12.5. The van der Waals surface area contributed by atoms with Gasteiger partial charge in [0.2, 0.25) is 5.78 Å². The Bertz CT molecular complexity index is 1030. The molecule has 158 valence electrons. The minimum Gasteiger partial charge on any atom is -0.453 e. The fourth-order valence-electron chi connectivity index (χ4n) is 3.12. The van der Waals surface area contributed by atoms with Crippen LogP contribution < -0.4 is 5.32 Å². The molecule has 31 heavy (non-hydrogen) atoms. The molecule has 3 rings (SSSR count). The van der Waals surface area contributed by atoms with E-state index in [9.17, 15) is 14.4 Å². The molecule has 0 spiro atoms. The van der Waals surface area contributed by atoms with Crippen LogP contribution >= 0.6 is 0 Å². The standard InChI is InChI=1S/C26H25NO4/c1-18-13-15-21(16-14-18)25(29)19(2)31-26(30)23(27-22-11-7-4-8-12-22)17-24(28)20-9-5-3-6-10-20/h3-16,19,23,27H,17H2,1-2H3/t19-,23+/m0/s1. The summed E-state index contributed by atoms with van der Waals surface area (Å²) >= 11 is 0. The number of nitrogens with one attached hydrogen (secondary N) is 1. The van der Waals surface area contributed by atoms with Crippen LogP contribution in [0.5, 0.6) is 0 Å². The number of carbonyl (C=O) groups excluding carboxylic acids is 3. The lowest BCUT2D eigenvalue weighted by Gasteiger charge is -2.21. The molecule has 0 aromatic heterocycles. The van der Waals surface area contributed by atoms with Gasteiger partial charge in [-0.1, -0.05) is 78.4 Å². The average Bonchev–Trinajstić information content (AvgIpc) is 2.79. The van der Waals surface area contributed by atoms with Gasteiger partial charge in [0.1, 0.15) is 6.04 Å². The fourth-order valence-corrected chi connectivity index (χ4v) is 3.12. The molecule has 0 saturated heterocycles. The third kappa shape index (κ3) is 6.12. The van der Waals surface area contributed by atoms with Crippen LogP contribution in [0.3, 0.4) is 0 Å². The molecular weight excluding hydrogens is 390 g/mol. The molecule has 5 nitrogen and oxygen atoms in total. The van der Waals surface area contributed by atoms with E-state index in [0.29, 0.717) is 16.8 Å². The first kappa shape index (κ1) is 22.0. The van der Waals surface area contributed by atoms with Crippen LogP contribution in [0.1, 0.15) is 39.6 Å². The quantitative estimate of drug-likeness (QED) is 0.399. The van der Waals surface area contributed by atoms with Gasteiger partial charge >= 0.3 is 5.97 Å². The molecular formula is C26H25NO4. The molecule has 0 bridgehead atoms. The van der Waals surface area contributed by atoms with Crippen molar-refractivity contribution in [3.8, 4) is 0 Å². The van der Waals surface area contributed by atoms with E-state index in [2.05, 4.69) is 5.32 Å². The lowest BCUT2D eigenvalue weighted by molar-refractivity contribution is -0.147. The fraction of sp³-hybridized carbons (Fsp3) is 0.192. The molecule has 1 N–H and O–H groups in total. The number of hydrogen-bond donors (Lipinski definition) is 1. The number of Topliss-reactive ketones (excluding diaryl/α,β-unsaturated/α-hetero) is 2. The molecule has 3 aromatic rings. The first-order chi connectivity index (χ1) is 14.9. The summed E-state index contributed by atoms with van der Waals surface area (Å²) in [5.74, 6) is -1.13. The smallest absolute Gasteiger partial charge is 0.329 e. The van der Waals surface area contributed by atoms with E-state index in [1.807, 2.05) is 43.3 Å². The van der Waals surface area contributed by atoms with Gasteiger partial charge in [0.25, 0.3) is 0 Å². The summed E-state index contributed by atoms with van der Waals surface area (Å²) in [6.45, 7) is 3.47. The number of carbonyl (C=O) groups is 3. The van der Waals surface area contributed by atoms with Crippen LogP contribution in [0.4, 0.5) is 5.69 Å². The number of ether oxygens (including phenoxy) is 1. The van der Waals surface area contributed by atoms with Crippen molar-refractivity contribution in [1.29, 1.82) is 0 Å². The van der Waals surface area contributed by atoms with Crippen LogP contribution in [0.2, 0.25) is 0 Å². The molecule has 5 heteroatoms. The first-order valence-corrected chi connectivity index (χ1v) is 10.2. The number of ketones is 2. The van der Waals surface area contributed by atoms with Crippen LogP contribution in [0.25, 0.3) is 0 Å². The largest absolute Gasteiger partial charge is 0.453 e. The predicted molar refractivity (Wildman–Crippen MR) is 120 cm³/mol. The summed E-state index contributed by atoms with van der Waals surface area (Å²) < 4.78 is 5.46. The van der Waals surface area contributed by atoms with Crippen LogP contribution in [-0.4, -0.2) is 29.7 Å². The van der Waals surface area contributed by atoms with E-state index < -0.39 is 18.1 Å². The van der Waals surface area contributed by atoms with Gasteiger partial charge in [0.15, 0.2) is 11.9 Å². The predicted octanol–water partition coefficient (Wildman–Crippen LogP) is 4.86. The maximum absolute atomic E-state index is 12.9. The van der Waals surface area contributed by atoms with Crippen LogP contribution in [-0.2, 0) is 9.53 Å². The SMILES string of the molecule is Cc1ccc(C(=O)[C@H](C)OC(=O)[C@@H](CC(=O)c2ccccc2)Nc2ccccc2)cc1. The summed E-state index contributed by atoms with van der Waals surface area (Å²) in [4.78, 5) is 38.3.